The zero-order valence-electron chi connectivity index (χ0n) is 20.3. The summed E-state index contributed by atoms with van der Waals surface area (Å²) in [7, 11) is 0. The number of hydrogen-bond acceptors (Lipinski definition) is 3. The molecule has 4 rings (SSSR count). The topological polar surface area (TPSA) is 48.9 Å². The number of guanidine groups is 1. The SMILES string of the molecule is CCNC(=NCC1(c2ccccc2)CCOCC1)NC1CCN(Cc2ccccc2)C(C)C1. The van der Waals surface area contributed by atoms with E-state index in [1.807, 2.05) is 0 Å². The third kappa shape index (κ3) is 6.36. The molecule has 2 fully saturated rings. The first-order chi connectivity index (χ1) is 16.2. The minimum atomic E-state index is 0.0637. The number of rotatable bonds is 7. The molecule has 0 aliphatic carbocycles. The predicted molar refractivity (Wildman–Crippen MR) is 137 cm³/mol. The minimum Gasteiger partial charge on any atom is -0.381 e. The normalized spacial score (nSPS) is 23.8. The summed E-state index contributed by atoms with van der Waals surface area (Å²) in [6.07, 6.45) is 4.32. The number of nitrogens with one attached hydrogen (secondary N) is 2. The molecule has 0 saturated carbocycles. The van der Waals surface area contributed by atoms with Gasteiger partial charge in [0, 0.05) is 50.3 Å². The summed E-state index contributed by atoms with van der Waals surface area (Å²) < 4.78 is 5.70. The van der Waals surface area contributed by atoms with Crippen LogP contribution in [0.4, 0.5) is 0 Å². The molecule has 2 aliphatic rings. The largest absolute Gasteiger partial charge is 0.381 e. The minimum absolute atomic E-state index is 0.0637. The van der Waals surface area contributed by atoms with Gasteiger partial charge in [0.05, 0.1) is 6.54 Å². The van der Waals surface area contributed by atoms with Crippen LogP contribution in [0.15, 0.2) is 65.7 Å². The van der Waals surface area contributed by atoms with E-state index in [1.165, 1.54) is 11.1 Å². The van der Waals surface area contributed by atoms with E-state index in [9.17, 15) is 0 Å². The van der Waals surface area contributed by atoms with Gasteiger partial charge < -0.3 is 15.4 Å². The molecule has 5 heteroatoms. The number of piperidine rings is 1. The van der Waals surface area contributed by atoms with Crippen LogP contribution >= 0.6 is 0 Å². The van der Waals surface area contributed by atoms with Crippen LogP contribution in [0.1, 0.15) is 50.7 Å². The summed E-state index contributed by atoms with van der Waals surface area (Å²) in [5.74, 6) is 0.952. The van der Waals surface area contributed by atoms with Gasteiger partial charge in [0.25, 0.3) is 0 Å². The van der Waals surface area contributed by atoms with Crippen molar-refractivity contribution in [2.75, 3.05) is 32.8 Å². The molecule has 33 heavy (non-hydrogen) atoms. The third-order valence-corrected chi connectivity index (χ3v) is 7.30. The lowest BCUT2D eigenvalue weighted by Crippen LogP contribution is -2.51. The Labute approximate surface area is 199 Å². The fourth-order valence-electron chi connectivity index (χ4n) is 5.24. The summed E-state index contributed by atoms with van der Waals surface area (Å²) in [5.41, 5.74) is 2.85. The second-order valence-electron chi connectivity index (χ2n) is 9.62. The molecule has 2 aromatic carbocycles. The van der Waals surface area contributed by atoms with Gasteiger partial charge >= 0.3 is 0 Å². The first-order valence-electron chi connectivity index (χ1n) is 12.6. The summed E-state index contributed by atoms with van der Waals surface area (Å²) in [6.45, 7) is 9.92. The van der Waals surface area contributed by atoms with E-state index in [4.69, 9.17) is 9.73 Å². The maximum atomic E-state index is 5.70. The zero-order chi connectivity index (χ0) is 22.9. The van der Waals surface area contributed by atoms with Crippen LogP contribution in [0.3, 0.4) is 0 Å². The number of likely N-dealkylation sites (tertiary alicyclic amines) is 1. The Bertz CT molecular complexity index is 864. The van der Waals surface area contributed by atoms with Gasteiger partial charge in [-0.1, -0.05) is 60.7 Å². The fraction of sp³-hybridized carbons (Fsp3) is 0.536. The van der Waals surface area contributed by atoms with Crippen molar-refractivity contribution in [2.45, 2.75) is 63.6 Å². The second kappa shape index (κ2) is 11.7. The van der Waals surface area contributed by atoms with Crippen LogP contribution in [0.25, 0.3) is 0 Å². The van der Waals surface area contributed by atoms with Crippen LogP contribution in [0, 0.1) is 0 Å². The van der Waals surface area contributed by atoms with Gasteiger partial charge in [-0.25, -0.2) is 0 Å². The molecular weight excluding hydrogens is 408 g/mol. The summed E-state index contributed by atoms with van der Waals surface area (Å²) in [5, 5.41) is 7.26. The predicted octanol–water partition coefficient (Wildman–Crippen LogP) is 4.34. The molecule has 2 atom stereocenters. The Hall–Kier alpha value is -2.37. The number of hydrogen-bond donors (Lipinski definition) is 2. The van der Waals surface area contributed by atoms with Crippen LogP contribution in [-0.2, 0) is 16.7 Å². The van der Waals surface area contributed by atoms with E-state index < -0.39 is 0 Å². The van der Waals surface area contributed by atoms with E-state index in [0.29, 0.717) is 12.1 Å². The Morgan fingerprint density at radius 1 is 1.06 bits per heavy atom. The number of ether oxygens (including phenoxy) is 1. The Morgan fingerprint density at radius 2 is 1.76 bits per heavy atom. The average molecular weight is 449 g/mol. The lowest BCUT2D eigenvalue weighted by Gasteiger charge is -2.39. The van der Waals surface area contributed by atoms with Crippen molar-refractivity contribution in [1.29, 1.82) is 0 Å². The van der Waals surface area contributed by atoms with Crippen LogP contribution in [-0.4, -0.2) is 55.8 Å². The molecule has 0 amide bonds. The molecule has 0 spiro atoms. The Morgan fingerprint density at radius 3 is 2.42 bits per heavy atom. The first-order valence-corrected chi connectivity index (χ1v) is 12.6. The van der Waals surface area contributed by atoms with Crippen molar-refractivity contribution in [1.82, 2.24) is 15.5 Å². The zero-order valence-corrected chi connectivity index (χ0v) is 20.3. The van der Waals surface area contributed by atoms with Crippen LogP contribution in [0.2, 0.25) is 0 Å². The maximum Gasteiger partial charge on any atom is 0.191 e. The van der Waals surface area contributed by atoms with Gasteiger partial charge in [0.2, 0.25) is 0 Å². The van der Waals surface area contributed by atoms with E-state index in [1.54, 1.807) is 0 Å². The lowest BCUT2D eigenvalue weighted by atomic mass is 9.74. The highest BCUT2D eigenvalue weighted by atomic mass is 16.5. The van der Waals surface area contributed by atoms with E-state index >= 15 is 0 Å². The highest BCUT2D eigenvalue weighted by Crippen LogP contribution is 2.35. The maximum absolute atomic E-state index is 5.70. The highest BCUT2D eigenvalue weighted by Gasteiger charge is 2.34. The van der Waals surface area contributed by atoms with Crippen molar-refractivity contribution in [2.24, 2.45) is 4.99 Å². The van der Waals surface area contributed by atoms with Gasteiger partial charge in [-0.3, -0.25) is 9.89 Å². The van der Waals surface area contributed by atoms with Crippen molar-refractivity contribution in [3.05, 3.63) is 71.8 Å². The summed E-state index contributed by atoms with van der Waals surface area (Å²) in [6, 6.07) is 22.7. The molecule has 2 N–H and O–H groups in total. The molecule has 0 aromatic heterocycles. The van der Waals surface area contributed by atoms with E-state index in [-0.39, 0.29) is 5.41 Å². The van der Waals surface area contributed by atoms with Gasteiger partial charge in [0.15, 0.2) is 5.96 Å². The fourth-order valence-corrected chi connectivity index (χ4v) is 5.24. The Kier molecular flexibility index (Phi) is 8.40. The summed E-state index contributed by atoms with van der Waals surface area (Å²) in [4.78, 5) is 7.72. The second-order valence-corrected chi connectivity index (χ2v) is 9.62. The van der Waals surface area contributed by atoms with Gasteiger partial charge in [-0.05, 0) is 50.7 Å². The van der Waals surface area contributed by atoms with Crippen LogP contribution < -0.4 is 10.6 Å². The van der Waals surface area contributed by atoms with Gasteiger partial charge in [0.1, 0.15) is 0 Å². The van der Waals surface area contributed by atoms with E-state index in [0.717, 1.165) is 71.0 Å². The molecule has 5 nitrogen and oxygen atoms in total. The molecule has 2 saturated heterocycles. The molecule has 2 aromatic rings. The van der Waals surface area contributed by atoms with E-state index in [2.05, 4.69) is 90.0 Å². The third-order valence-electron chi connectivity index (χ3n) is 7.30. The smallest absolute Gasteiger partial charge is 0.191 e. The van der Waals surface area contributed by atoms with Crippen molar-refractivity contribution in [3.8, 4) is 0 Å². The number of benzene rings is 2. The molecule has 178 valence electrons. The standard InChI is InChI=1S/C28H40N4O/c1-3-29-27(30-22-28(15-18-33-19-16-28)25-12-8-5-9-13-25)31-26-14-17-32(23(2)20-26)21-24-10-6-4-7-11-24/h4-13,23,26H,3,14-22H2,1-2H3,(H2,29,30,31). The first kappa shape index (κ1) is 23.8. The van der Waals surface area contributed by atoms with Crippen LogP contribution in [0.5, 0.6) is 0 Å². The number of aliphatic imine (C=N–C) groups is 1. The van der Waals surface area contributed by atoms with Crippen molar-refractivity contribution >= 4 is 5.96 Å². The number of nitrogens with zero attached hydrogens (tertiary/aromatic N) is 2. The van der Waals surface area contributed by atoms with Gasteiger partial charge in [-0.15, -0.1) is 0 Å². The molecule has 2 heterocycles. The molecular formula is C28H40N4O. The van der Waals surface area contributed by atoms with Gasteiger partial charge in [-0.2, -0.15) is 0 Å². The molecule has 2 unspecified atom stereocenters. The molecule has 0 bridgehead atoms. The molecule has 0 radical (unpaired) electrons. The monoisotopic (exact) mass is 448 g/mol. The highest BCUT2D eigenvalue weighted by molar-refractivity contribution is 5.80. The quantitative estimate of drug-likeness (QED) is 0.489. The lowest BCUT2D eigenvalue weighted by molar-refractivity contribution is 0.0531. The van der Waals surface area contributed by atoms with Crippen molar-refractivity contribution in [3.63, 3.8) is 0 Å². The summed E-state index contributed by atoms with van der Waals surface area (Å²) >= 11 is 0. The average Bonchev–Trinajstić information content (AvgIpc) is 2.86. The van der Waals surface area contributed by atoms with Crippen molar-refractivity contribution < 1.29 is 4.74 Å². The Balaban J connectivity index is 1.39. The molecule has 2 aliphatic heterocycles.